The van der Waals surface area contributed by atoms with Gasteiger partial charge in [-0.25, -0.2) is 0 Å². The average Bonchev–Trinajstić information content (AvgIpc) is 2.47. The molecule has 2 nitrogen and oxygen atoms in total. The molecule has 0 aliphatic heterocycles. The van der Waals surface area contributed by atoms with Gasteiger partial charge in [-0.05, 0) is 30.5 Å². The summed E-state index contributed by atoms with van der Waals surface area (Å²) in [6, 6.07) is 17.3. The van der Waals surface area contributed by atoms with Crippen molar-refractivity contribution in [1.29, 1.82) is 0 Å². The lowest BCUT2D eigenvalue weighted by Crippen LogP contribution is -2.30. The van der Waals surface area contributed by atoms with Crippen molar-refractivity contribution >= 4 is 17.5 Å². The molecule has 2 atom stereocenters. The van der Waals surface area contributed by atoms with E-state index in [1.54, 1.807) is 0 Å². The predicted octanol–water partition coefficient (Wildman–Crippen LogP) is 4.15. The molecule has 2 rings (SSSR count). The number of amides is 1. The van der Waals surface area contributed by atoms with Gasteiger partial charge in [-0.1, -0.05) is 54.6 Å². The molecule has 2 aromatic rings. The van der Waals surface area contributed by atoms with E-state index in [0.29, 0.717) is 0 Å². The third kappa shape index (κ3) is 3.40. The molecule has 1 amide bonds. The first-order chi connectivity index (χ1) is 9.59. The number of aryl methyl sites for hydroxylation is 1. The van der Waals surface area contributed by atoms with Crippen LogP contribution in [0.5, 0.6) is 0 Å². The van der Waals surface area contributed by atoms with Crippen molar-refractivity contribution in [3.63, 3.8) is 0 Å². The van der Waals surface area contributed by atoms with Crippen molar-refractivity contribution in [3.05, 3.63) is 71.3 Å². The Morgan fingerprint density at radius 3 is 2.30 bits per heavy atom. The Hall–Kier alpha value is -1.80. The van der Waals surface area contributed by atoms with Crippen LogP contribution in [0, 0.1) is 6.92 Å². The first-order valence-corrected chi connectivity index (χ1v) is 7.08. The van der Waals surface area contributed by atoms with Gasteiger partial charge in [-0.15, -0.1) is 11.6 Å². The number of halogens is 1. The summed E-state index contributed by atoms with van der Waals surface area (Å²) < 4.78 is 0. The fourth-order valence-electron chi connectivity index (χ4n) is 2.21. The summed E-state index contributed by atoms with van der Waals surface area (Å²) in [6.45, 7) is 4.00. The highest BCUT2D eigenvalue weighted by atomic mass is 35.5. The summed E-state index contributed by atoms with van der Waals surface area (Å²) >= 11 is 6.22. The Morgan fingerprint density at radius 1 is 1.05 bits per heavy atom. The molecule has 0 aromatic heterocycles. The van der Waals surface area contributed by atoms with Gasteiger partial charge in [0.15, 0.2) is 0 Å². The van der Waals surface area contributed by atoms with Gasteiger partial charge in [0.1, 0.15) is 5.38 Å². The fraction of sp³-hybridized carbons (Fsp3) is 0.235. The molecule has 0 saturated heterocycles. The lowest BCUT2D eigenvalue weighted by atomic mass is 10.0. The average molecular weight is 288 g/mol. The second-order valence-corrected chi connectivity index (χ2v) is 5.30. The number of benzene rings is 2. The zero-order chi connectivity index (χ0) is 14.5. The Labute approximate surface area is 124 Å². The van der Waals surface area contributed by atoms with E-state index in [-0.39, 0.29) is 11.9 Å². The van der Waals surface area contributed by atoms with E-state index in [1.807, 2.05) is 68.4 Å². The minimum absolute atomic E-state index is 0.0614. The van der Waals surface area contributed by atoms with Crippen molar-refractivity contribution in [2.24, 2.45) is 0 Å². The monoisotopic (exact) mass is 287 g/mol. The number of hydrogen-bond donors (Lipinski definition) is 1. The van der Waals surface area contributed by atoms with Crippen molar-refractivity contribution in [2.75, 3.05) is 0 Å². The number of carbonyl (C=O) groups excluding carboxylic acids is 1. The third-order valence-electron chi connectivity index (χ3n) is 3.34. The topological polar surface area (TPSA) is 29.1 Å². The first-order valence-electron chi connectivity index (χ1n) is 6.64. The van der Waals surface area contributed by atoms with Crippen LogP contribution in [0.3, 0.4) is 0 Å². The maximum Gasteiger partial charge on any atom is 0.243 e. The number of nitrogens with one attached hydrogen (secondary N) is 1. The molecule has 0 aliphatic rings. The maximum absolute atomic E-state index is 12.2. The van der Waals surface area contributed by atoms with E-state index >= 15 is 0 Å². The molecular weight excluding hydrogens is 270 g/mol. The van der Waals surface area contributed by atoms with E-state index in [4.69, 9.17) is 11.6 Å². The zero-order valence-electron chi connectivity index (χ0n) is 11.6. The Morgan fingerprint density at radius 2 is 1.65 bits per heavy atom. The smallest absolute Gasteiger partial charge is 0.243 e. The lowest BCUT2D eigenvalue weighted by molar-refractivity contribution is -0.121. The van der Waals surface area contributed by atoms with E-state index in [9.17, 15) is 4.79 Å². The molecule has 0 saturated carbocycles. The van der Waals surface area contributed by atoms with E-state index in [0.717, 1.165) is 16.7 Å². The molecule has 0 bridgehead atoms. The van der Waals surface area contributed by atoms with Crippen molar-refractivity contribution in [2.45, 2.75) is 25.3 Å². The molecule has 0 heterocycles. The van der Waals surface area contributed by atoms with E-state index in [1.165, 1.54) is 0 Å². The van der Waals surface area contributed by atoms with Crippen LogP contribution in [0.2, 0.25) is 0 Å². The van der Waals surface area contributed by atoms with Gasteiger partial charge < -0.3 is 5.32 Å². The highest BCUT2D eigenvalue weighted by Gasteiger charge is 2.20. The summed E-state index contributed by atoms with van der Waals surface area (Å²) in [6.07, 6.45) is 0. The number of hydrogen-bond acceptors (Lipinski definition) is 1. The van der Waals surface area contributed by atoms with E-state index < -0.39 is 5.38 Å². The number of rotatable bonds is 4. The van der Waals surface area contributed by atoms with Crippen LogP contribution in [0.1, 0.15) is 35.0 Å². The van der Waals surface area contributed by atoms with Crippen LogP contribution in [0.15, 0.2) is 54.6 Å². The van der Waals surface area contributed by atoms with Gasteiger partial charge in [0.2, 0.25) is 5.91 Å². The van der Waals surface area contributed by atoms with Gasteiger partial charge in [0.25, 0.3) is 0 Å². The molecule has 3 heteroatoms. The van der Waals surface area contributed by atoms with Crippen LogP contribution in [0.4, 0.5) is 0 Å². The highest BCUT2D eigenvalue weighted by molar-refractivity contribution is 6.30. The Bertz CT molecular complexity index is 583. The molecule has 1 N–H and O–H groups in total. The second kappa shape index (κ2) is 6.58. The van der Waals surface area contributed by atoms with Gasteiger partial charge in [-0.2, -0.15) is 0 Å². The van der Waals surface area contributed by atoms with E-state index in [2.05, 4.69) is 5.32 Å². The van der Waals surface area contributed by atoms with Crippen LogP contribution >= 0.6 is 11.6 Å². The van der Waals surface area contributed by atoms with Crippen LogP contribution < -0.4 is 5.32 Å². The minimum Gasteiger partial charge on any atom is -0.348 e. The molecular formula is C17H18ClNO. The Balaban J connectivity index is 2.07. The number of carbonyl (C=O) groups is 1. The first kappa shape index (κ1) is 14.6. The van der Waals surface area contributed by atoms with Crippen LogP contribution in [0.25, 0.3) is 0 Å². The Kier molecular flexibility index (Phi) is 4.80. The molecule has 0 aliphatic carbocycles. The van der Waals surface area contributed by atoms with Gasteiger partial charge in [-0.3, -0.25) is 4.79 Å². The normalized spacial score (nSPS) is 13.6. The zero-order valence-corrected chi connectivity index (χ0v) is 12.4. The largest absolute Gasteiger partial charge is 0.348 e. The third-order valence-corrected chi connectivity index (χ3v) is 3.79. The summed E-state index contributed by atoms with van der Waals surface area (Å²) in [5.74, 6) is -0.173. The molecule has 0 spiro atoms. The van der Waals surface area contributed by atoms with Gasteiger partial charge >= 0.3 is 0 Å². The standard InChI is InChI=1S/C17H18ClNO/c1-12-8-6-7-11-15(12)13(2)19-17(20)16(18)14-9-4-3-5-10-14/h3-11,13,16H,1-2H3,(H,19,20)/t13-,16?/m1/s1. The lowest BCUT2D eigenvalue weighted by Gasteiger charge is -2.18. The maximum atomic E-state index is 12.2. The highest BCUT2D eigenvalue weighted by Crippen LogP contribution is 2.23. The summed E-state index contributed by atoms with van der Waals surface area (Å²) in [7, 11) is 0. The summed E-state index contributed by atoms with van der Waals surface area (Å²) in [5.41, 5.74) is 3.08. The molecule has 20 heavy (non-hydrogen) atoms. The SMILES string of the molecule is Cc1ccccc1[C@@H](C)NC(=O)C(Cl)c1ccccc1. The van der Waals surface area contributed by atoms with Crippen molar-refractivity contribution in [3.8, 4) is 0 Å². The molecule has 104 valence electrons. The second-order valence-electron chi connectivity index (χ2n) is 4.86. The van der Waals surface area contributed by atoms with Crippen LogP contribution in [-0.2, 0) is 4.79 Å². The summed E-state index contributed by atoms with van der Waals surface area (Å²) in [4.78, 5) is 12.2. The molecule has 2 aromatic carbocycles. The molecule has 0 fully saturated rings. The molecule has 1 unspecified atom stereocenters. The minimum atomic E-state index is -0.664. The summed E-state index contributed by atoms with van der Waals surface area (Å²) in [5, 5.41) is 2.30. The quantitative estimate of drug-likeness (QED) is 0.841. The fourth-order valence-corrected chi connectivity index (χ4v) is 2.42. The van der Waals surface area contributed by atoms with Crippen LogP contribution in [-0.4, -0.2) is 5.91 Å². The molecule has 0 radical (unpaired) electrons. The number of alkyl halides is 1. The van der Waals surface area contributed by atoms with Gasteiger partial charge in [0, 0.05) is 0 Å². The van der Waals surface area contributed by atoms with Crippen molar-refractivity contribution < 1.29 is 4.79 Å². The predicted molar refractivity (Wildman–Crippen MR) is 82.8 cm³/mol. The van der Waals surface area contributed by atoms with Crippen molar-refractivity contribution in [1.82, 2.24) is 5.32 Å². The van der Waals surface area contributed by atoms with Gasteiger partial charge in [0.05, 0.1) is 6.04 Å².